The van der Waals surface area contributed by atoms with Crippen molar-refractivity contribution in [2.75, 3.05) is 0 Å². The molecule has 0 aliphatic heterocycles. The first-order valence-electron chi connectivity index (χ1n) is 10.5. The molecule has 2 nitrogen and oxygen atoms in total. The first-order valence-corrected chi connectivity index (χ1v) is 10.5. The van der Waals surface area contributed by atoms with Crippen LogP contribution in [0.2, 0.25) is 0 Å². The summed E-state index contributed by atoms with van der Waals surface area (Å²) in [5.74, 6) is 4.44. The summed E-state index contributed by atoms with van der Waals surface area (Å²) < 4.78 is 0. The van der Waals surface area contributed by atoms with Crippen LogP contribution >= 0.6 is 0 Å². The predicted molar refractivity (Wildman–Crippen MR) is 96.5 cm³/mol. The zero-order valence-electron chi connectivity index (χ0n) is 16.1. The fourth-order valence-corrected chi connectivity index (χ4v) is 8.46. The van der Waals surface area contributed by atoms with E-state index in [9.17, 15) is 9.90 Å². The summed E-state index contributed by atoms with van der Waals surface area (Å²) in [6.45, 7) is 9.16. The van der Waals surface area contributed by atoms with Gasteiger partial charge in [0, 0.05) is 5.92 Å². The quantitative estimate of drug-likeness (QED) is 0.746. The summed E-state index contributed by atoms with van der Waals surface area (Å²) in [6, 6.07) is 0. The van der Waals surface area contributed by atoms with E-state index in [0.29, 0.717) is 23.0 Å². The van der Waals surface area contributed by atoms with Gasteiger partial charge in [0.1, 0.15) is 5.78 Å². The van der Waals surface area contributed by atoms with E-state index < -0.39 is 0 Å². The molecule has 2 heteroatoms. The number of carbonyl (C=O) groups is 1. The van der Waals surface area contributed by atoms with E-state index >= 15 is 0 Å². The van der Waals surface area contributed by atoms with Crippen molar-refractivity contribution in [1.82, 2.24) is 0 Å². The van der Waals surface area contributed by atoms with E-state index in [1.165, 1.54) is 38.5 Å². The number of aliphatic hydroxyl groups excluding tert-OH is 1. The maximum atomic E-state index is 12.4. The Morgan fingerprint density at radius 3 is 2.38 bits per heavy atom. The normalized spacial score (nSPS) is 57.0. The van der Waals surface area contributed by atoms with Crippen molar-refractivity contribution >= 4 is 5.78 Å². The van der Waals surface area contributed by atoms with Crippen LogP contribution in [0.3, 0.4) is 0 Å². The summed E-state index contributed by atoms with van der Waals surface area (Å²) >= 11 is 0. The highest BCUT2D eigenvalue weighted by Crippen LogP contribution is 2.68. The Kier molecular flexibility index (Phi) is 3.95. The van der Waals surface area contributed by atoms with E-state index in [4.69, 9.17) is 0 Å². The number of rotatable bonds is 1. The standard InChI is InChI=1S/C22H36O2/c1-13-11-19-17-6-5-15-12-16(24)7-9-21(15,3)18(17)8-10-22(19,4)20(13)14(2)23/h13,15-20,24H,5-12H2,1-4H3/t13-,15?,16+,17-,18+,19+,20-,21+,22+/m1/s1. The minimum atomic E-state index is -0.0536. The Morgan fingerprint density at radius 2 is 1.67 bits per heavy atom. The monoisotopic (exact) mass is 332 g/mol. The van der Waals surface area contributed by atoms with Crippen LogP contribution in [0.5, 0.6) is 0 Å². The highest BCUT2D eigenvalue weighted by atomic mass is 16.3. The van der Waals surface area contributed by atoms with E-state index in [1.807, 2.05) is 6.92 Å². The maximum Gasteiger partial charge on any atom is 0.133 e. The third kappa shape index (κ3) is 2.20. The summed E-state index contributed by atoms with van der Waals surface area (Å²) in [5, 5.41) is 10.1. The fourth-order valence-electron chi connectivity index (χ4n) is 8.46. The minimum absolute atomic E-state index is 0.0536. The number of hydrogen-bond acceptors (Lipinski definition) is 2. The fraction of sp³-hybridized carbons (Fsp3) is 0.955. The molecule has 4 aliphatic carbocycles. The molecule has 4 rings (SSSR count). The lowest BCUT2D eigenvalue weighted by Gasteiger charge is -2.60. The highest BCUT2D eigenvalue weighted by molar-refractivity contribution is 5.80. The Balaban J connectivity index is 1.64. The van der Waals surface area contributed by atoms with Gasteiger partial charge in [-0.3, -0.25) is 4.79 Å². The molecule has 9 atom stereocenters. The third-order valence-electron chi connectivity index (χ3n) is 9.42. The molecule has 24 heavy (non-hydrogen) atoms. The lowest BCUT2D eigenvalue weighted by molar-refractivity contribution is -0.139. The predicted octanol–water partition coefficient (Wildman–Crippen LogP) is 4.84. The van der Waals surface area contributed by atoms with Crippen LogP contribution in [0.25, 0.3) is 0 Å². The molecule has 0 aromatic rings. The first kappa shape index (κ1) is 17.1. The third-order valence-corrected chi connectivity index (χ3v) is 9.42. The Bertz CT molecular complexity index is 528. The molecule has 0 spiro atoms. The van der Waals surface area contributed by atoms with Crippen molar-refractivity contribution in [3.05, 3.63) is 0 Å². The van der Waals surface area contributed by atoms with Gasteiger partial charge in [0.15, 0.2) is 0 Å². The molecule has 4 fully saturated rings. The molecule has 0 amide bonds. The average Bonchev–Trinajstić information content (AvgIpc) is 2.78. The summed E-state index contributed by atoms with van der Waals surface area (Å²) in [6.07, 6.45) is 9.69. The Morgan fingerprint density at radius 1 is 0.958 bits per heavy atom. The minimum Gasteiger partial charge on any atom is -0.393 e. The molecule has 0 saturated heterocycles. The number of hydrogen-bond donors (Lipinski definition) is 1. The van der Waals surface area contributed by atoms with Crippen molar-refractivity contribution in [3.8, 4) is 0 Å². The molecule has 136 valence electrons. The van der Waals surface area contributed by atoms with Crippen LogP contribution in [0.1, 0.15) is 79.1 Å². The molecule has 4 aliphatic rings. The van der Waals surface area contributed by atoms with Gasteiger partial charge in [0.25, 0.3) is 0 Å². The average molecular weight is 333 g/mol. The molecule has 0 aromatic heterocycles. The molecular formula is C22H36O2. The second-order valence-corrected chi connectivity index (χ2v) is 10.4. The Hall–Kier alpha value is -0.370. The summed E-state index contributed by atoms with van der Waals surface area (Å²) in [7, 11) is 0. The molecule has 0 heterocycles. The smallest absolute Gasteiger partial charge is 0.133 e. The van der Waals surface area contributed by atoms with Gasteiger partial charge in [-0.05, 0) is 98.7 Å². The second-order valence-electron chi connectivity index (χ2n) is 10.4. The van der Waals surface area contributed by atoms with Gasteiger partial charge in [-0.2, -0.15) is 0 Å². The van der Waals surface area contributed by atoms with Gasteiger partial charge >= 0.3 is 0 Å². The molecule has 0 bridgehead atoms. The van der Waals surface area contributed by atoms with Crippen molar-refractivity contribution in [1.29, 1.82) is 0 Å². The van der Waals surface area contributed by atoms with Gasteiger partial charge < -0.3 is 5.11 Å². The zero-order valence-corrected chi connectivity index (χ0v) is 16.1. The largest absolute Gasteiger partial charge is 0.393 e. The molecule has 1 unspecified atom stereocenters. The molecule has 0 radical (unpaired) electrons. The number of aliphatic hydroxyl groups is 1. The SMILES string of the molecule is CC(=O)[C@H]1[C@H](C)C[C@H]2[C@@H]3CCC4C[C@@H](O)CC[C@]4(C)[C@H]3CC[C@@]21C. The zero-order chi connectivity index (χ0) is 17.3. The van der Waals surface area contributed by atoms with Crippen LogP contribution in [0.4, 0.5) is 0 Å². The second kappa shape index (κ2) is 5.56. The van der Waals surface area contributed by atoms with Crippen LogP contribution in [0, 0.1) is 46.3 Å². The van der Waals surface area contributed by atoms with E-state index in [1.54, 1.807) is 0 Å². The molecular weight excluding hydrogens is 296 g/mol. The van der Waals surface area contributed by atoms with Crippen molar-refractivity contribution in [2.24, 2.45) is 46.3 Å². The van der Waals surface area contributed by atoms with Gasteiger partial charge in [-0.25, -0.2) is 0 Å². The topological polar surface area (TPSA) is 37.3 Å². The van der Waals surface area contributed by atoms with Crippen molar-refractivity contribution in [3.63, 3.8) is 0 Å². The van der Waals surface area contributed by atoms with Gasteiger partial charge in [-0.15, -0.1) is 0 Å². The van der Waals surface area contributed by atoms with Crippen LogP contribution < -0.4 is 0 Å². The van der Waals surface area contributed by atoms with Gasteiger partial charge in [0.2, 0.25) is 0 Å². The van der Waals surface area contributed by atoms with E-state index in [-0.39, 0.29) is 11.5 Å². The van der Waals surface area contributed by atoms with Crippen molar-refractivity contribution < 1.29 is 9.90 Å². The molecule has 4 saturated carbocycles. The molecule has 0 aromatic carbocycles. The lowest BCUT2D eigenvalue weighted by atomic mass is 9.44. The summed E-state index contributed by atoms with van der Waals surface area (Å²) in [5.41, 5.74) is 0.699. The van der Waals surface area contributed by atoms with Gasteiger partial charge in [-0.1, -0.05) is 20.8 Å². The van der Waals surface area contributed by atoms with Crippen LogP contribution in [-0.2, 0) is 4.79 Å². The van der Waals surface area contributed by atoms with E-state index in [2.05, 4.69) is 20.8 Å². The van der Waals surface area contributed by atoms with Crippen LogP contribution in [-0.4, -0.2) is 17.0 Å². The van der Waals surface area contributed by atoms with E-state index in [0.717, 1.165) is 36.5 Å². The molecule has 1 N–H and O–H groups in total. The number of Topliss-reactive ketones (excluding diaryl/α,β-unsaturated/α-hetero) is 1. The maximum absolute atomic E-state index is 12.4. The van der Waals surface area contributed by atoms with Crippen LogP contribution in [0.15, 0.2) is 0 Å². The number of carbonyl (C=O) groups excluding carboxylic acids is 1. The van der Waals surface area contributed by atoms with Crippen molar-refractivity contribution in [2.45, 2.75) is 85.2 Å². The Labute approximate surface area is 147 Å². The lowest BCUT2D eigenvalue weighted by Crippen LogP contribution is -2.54. The first-order chi connectivity index (χ1) is 11.3. The summed E-state index contributed by atoms with van der Waals surface area (Å²) in [4.78, 5) is 12.4. The number of fused-ring (bicyclic) bond motifs is 5. The highest BCUT2D eigenvalue weighted by Gasteiger charge is 2.62. The number of ketones is 1. The van der Waals surface area contributed by atoms with Gasteiger partial charge in [0.05, 0.1) is 6.10 Å².